The molecule has 0 saturated carbocycles. The smallest absolute Gasteiger partial charge is 0.255 e. The number of nitrogens with one attached hydrogen (secondary N) is 1. The summed E-state index contributed by atoms with van der Waals surface area (Å²) in [5, 5.41) is 2.61. The number of hydrogen-bond acceptors (Lipinski definition) is 4. The molecule has 0 bridgehead atoms. The van der Waals surface area contributed by atoms with Gasteiger partial charge >= 0.3 is 0 Å². The third kappa shape index (κ3) is 4.16. The lowest BCUT2D eigenvalue weighted by atomic mass is 10.1. The Balaban J connectivity index is 1.51. The number of benzene rings is 3. The molecule has 0 aliphatic carbocycles. The predicted molar refractivity (Wildman–Crippen MR) is 116 cm³/mol. The summed E-state index contributed by atoms with van der Waals surface area (Å²) in [6.45, 7) is 0. The van der Waals surface area contributed by atoms with Crippen molar-refractivity contribution in [3.63, 3.8) is 0 Å². The maximum absolute atomic E-state index is 13.3. The molecule has 3 aromatic rings. The summed E-state index contributed by atoms with van der Waals surface area (Å²) < 4.78 is 18.5. The molecule has 0 spiro atoms. The molecule has 0 unspecified atom stereocenters. The van der Waals surface area contributed by atoms with Crippen LogP contribution < -0.4 is 15.0 Å². The number of anilines is 2. The average molecular weight is 422 g/mol. The Morgan fingerprint density at radius 2 is 1.83 bits per heavy atom. The Morgan fingerprint density at radius 1 is 1.10 bits per heavy atom. The molecule has 1 aliphatic rings. The van der Waals surface area contributed by atoms with Gasteiger partial charge in [-0.05, 0) is 60.2 Å². The van der Waals surface area contributed by atoms with Crippen LogP contribution in [0.25, 0.3) is 0 Å². The summed E-state index contributed by atoms with van der Waals surface area (Å²) in [4.78, 5) is 26.6. The molecule has 1 heterocycles. The summed E-state index contributed by atoms with van der Waals surface area (Å²) in [6, 6.07) is 20.2. The van der Waals surface area contributed by atoms with Crippen LogP contribution >= 0.6 is 11.8 Å². The number of nitrogens with zero attached hydrogens (tertiary/aromatic N) is 1. The third-order valence-electron chi connectivity index (χ3n) is 4.76. The fourth-order valence-electron chi connectivity index (χ4n) is 3.26. The maximum Gasteiger partial charge on any atom is 0.255 e. The first-order valence-corrected chi connectivity index (χ1v) is 10.3. The average Bonchev–Trinajstić information content (AvgIpc) is 3.15. The van der Waals surface area contributed by atoms with Gasteiger partial charge in [-0.1, -0.05) is 18.2 Å². The number of thioether (sulfide) groups is 1. The van der Waals surface area contributed by atoms with E-state index < -0.39 is 5.82 Å². The van der Waals surface area contributed by atoms with E-state index in [1.54, 1.807) is 42.0 Å². The second-order valence-electron chi connectivity index (χ2n) is 6.71. The van der Waals surface area contributed by atoms with Crippen molar-refractivity contribution in [1.82, 2.24) is 0 Å². The molecule has 4 rings (SSSR count). The van der Waals surface area contributed by atoms with Gasteiger partial charge in [0.1, 0.15) is 16.9 Å². The zero-order valence-electron chi connectivity index (χ0n) is 16.2. The molecular formula is C23H19FN2O3S. The molecule has 5 nitrogen and oxygen atoms in total. The molecule has 1 saturated heterocycles. The number of methoxy groups -OCH3 is 1. The van der Waals surface area contributed by atoms with Crippen LogP contribution in [0.3, 0.4) is 0 Å². The lowest BCUT2D eigenvalue weighted by Crippen LogP contribution is -2.27. The van der Waals surface area contributed by atoms with Crippen LogP contribution in [0.15, 0.2) is 72.8 Å². The van der Waals surface area contributed by atoms with E-state index in [2.05, 4.69) is 5.32 Å². The monoisotopic (exact) mass is 422 g/mol. The van der Waals surface area contributed by atoms with Crippen molar-refractivity contribution < 1.29 is 18.7 Å². The standard InChI is InChI=1S/C23H19FN2O3S/c1-29-20-11-9-19(10-12-20)26-21(27)14-30-23(26)15-5-7-18(8-6-15)25-22(28)16-3-2-4-17(24)13-16/h2-13,23H,14H2,1H3,(H,25,28)/t23-/m1/s1. The number of hydrogen-bond donors (Lipinski definition) is 1. The van der Waals surface area contributed by atoms with E-state index in [0.717, 1.165) is 17.0 Å². The Labute approximate surface area is 177 Å². The highest BCUT2D eigenvalue weighted by molar-refractivity contribution is 8.00. The fourth-order valence-corrected chi connectivity index (χ4v) is 4.43. The molecule has 2 amide bonds. The Bertz CT molecular complexity index is 1070. The molecule has 3 aromatic carbocycles. The van der Waals surface area contributed by atoms with Gasteiger partial charge in [-0.2, -0.15) is 0 Å². The van der Waals surface area contributed by atoms with Crippen LogP contribution in [0.1, 0.15) is 21.3 Å². The van der Waals surface area contributed by atoms with Crippen molar-refractivity contribution in [1.29, 1.82) is 0 Å². The number of ether oxygens (including phenoxy) is 1. The first kappa shape index (κ1) is 20.0. The van der Waals surface area contributed by atoms with Gasteiger partial charge in [-0.3, -0.25) is 14.5 Å². The van der Waals surface area contributed by atoms with Gasteiger partial charge in [0, 0.05) is 16.9 Å². The molecule has 0 radical (unpaired) electrons. The van der Waals surface area contributed by atoms with Crippen molar-refractivity contribution >= 4 is 35.0 Å². The minimum atomic E-state index is -0.459. The summed E-state index contributed by atoms with van der Waals surface area (Å²) in [5.74, 6) is 0.327. The zero-order valence-corrected chi connectivity index (χ0v) is 17.0. The second-order valence-corrected chi connectivity index (χ2v) is 7.78. The normalized spacial score (nSPS) is 15.9. The number of rotatable bonds is 5. The fraction of sp³-hybridized carbons (Fsp3) is 0.130. The maximum atomic E-state index is 13.3. The minimum Gasteiger partial charge on any atom is -0.497 e. The number of carbonyl (C=O) groups excluding carboxylic acids is 2. The van der Waals surface area contributed by atoms with E-state index in [1.807, 2.05) is 36.4 Å². The van der Waals surface area contributed by atoms with Crippen LogP contribution in [0.5, 0.6) is 5.75 Å². The van der Waals surface area contributed by atoms with Crippen molar-refractivity contribution in [2.75, 3.05) is 23.1 Å². The lowest BCUT2D eigenvalue weighted by molar-refractivity contribution is -0.115. The highest BCUT2D eigenvalue weighted by Gasteiger charge is 2.34. The summed E-state index contributed by atoms with van der Waals surface area (Å²) >= 11 is 1.55. The van der Waals surface area contributed by atoms with Gasteiger partial charge in [-0.25, -0.2) is 4.39 Å². The summed E-state index contributed by atoms with van der Waals surface area (Å²) in [7, 11) is 1.60. The summed E-state index contributed by atoms with van der Waals surface area (Å²) in [6.07, 6.45) is 0. The topological polar surface area (TPSA) is 58.6 Å². The molecule has 30 heavy (non-hydrogen) atoms. The van der Waals surface area contributed by atoms with Gasteiger partial charge in [0.25, 0.3) is 5.91 Å². The Morgan fingerprint density at radius 3 is 2.50 bits per heavy atom. The van der Waals surface area contributed by atoms with Crippen LogP contribution in [-0.4, -0.2) is 24.7 Å². The predicted octanol–water partition coefficient (Wildman–Crippen LogP) is 4.87. The van der Waals surface area contributed by atoms with Gasteiger partial charge in [-0.15, -0.1) is 11.8 Å². The Hall–Kier alpha value is -3.32. The van der Waals surface area contributed by atoms with Gasteiger partial charge in [0.15, 0.2) is 0 Å². The van der Waals surface area contributed by atoms with E-state index in [9.17, 15) is 14.0 Å². The summed E-state index contributed by atoms with van der Waals surface area (Å²) in [5.41, 5.74) is 2.60. The Kier molecular flexibility index (Phi) is 5.72. The quantitative estimate of drug-likeness (QED) is 0.638. The van der Waals surface area contributed by atoms with E-state index in [1.165, 1.54) is 18.2 Å². The lowest BCUT2D eigenvalue weighted by Gasteiger charge is -2.24. The minimum absolute atomic E-state index is 0.0404. The highest BCUT2D eigenvalue weighted by atomic mass is 32.2. The molecule has 1 N–H and O–H groups in total. The van der Waals surface area contributed by atoms with E-state index in [-0.39, 0.29) is 22.8 Å². The van der Waals surface area contributed by atoms with E-state index in [4.69, 9.17) is 4.74 Å². The van der Waals surface area contributed by atoms with Gasteiger partial charge < -0.3 is 10.1 Å². The second kappa shape index (κ2) is 8.59. The van der Waals surface area contributed by atoms with Crippen molar-refractivity contribution in [2.24, 2.45) is 0 Å². The van der Waals surface area contributed by atoms with Crippen LogP contribution in [0.4, 0.5) is 15.8 Å². The van der Waals surface area contributed by atoms with Crippen LogP contribution in [0.2, 0.25) is 0 Å². The number of carbonyl (C=O) groups is 2. The molecule has 1 atom stereocenters. The van der Waals surface area contributed by atoms with Crippen molar-refractivity contribution in [3.8, 4) is 5.75 Å². The highest BCUT2D eigenvalue weighted by Crippen LogP contribution is 2.42. The first-order chi connectivity index (χ1) is 14.5. The molecule has 0 aromatic heterocycles. The largest absolute Gasteiger partial charge is 0.497 e. The van der Waals surface area contributed by atoms with E-state index in [0.29, 0.717) is 11.4 Å². The van der Waals surface area contributed by atoms with Crippen molar-refractivity contribution in [3.05, 3.63) is 89.7 Å². The van der Waals surface area contributed by atoms with Crippen LogP contribution in [0, 0.1) is 5.82 Å². The molecular weight excluding hydrogens is 403 g/mol. The molecule has 1 aliphatic heterocycles. The third-order valence-corrected chi connectivity index (χ3v) is 5.97. The van der Waals surface area contributed by atoms with E-state index >= 15 is 0 Å². The van der Waals surface area contributed by atoms with Gasteiger partial charge in [0.05, 0.1) is 12.9 Å². The van der Waals surface area contributed by atoms with Crippen LogP contribution in [-0.2, 0) is 4.79 Å². The SMILES string of the molecule is COc1ccc(N2C(=O)CS[C@@H]2c2ccc(NC(=O)c3cccc(F)c3)cc2)cc1. The molecule has 1 fully saturated rings. The number of amides is 2. The number of halogens is 1. The zero-order chi connectivity index (χ0) is 21.1. The molecule has 152 valence electrons. The first-order valence-electron chi connectivity index (χ1n) is 9.30. The molecule has 7 heteroatoms. The van der Waals surface area contributed by atoms with Crippen molar-refractivity contribution in [2.45, 2.75) is 5.37 Å². The van der Waals surface area contributed by atoms with Gasteiger partial charge in [0.2, 0.25) is 5.91 Å².